The van der Waals surface area contributed by atoms with Crippen molar-refractivity contribution >= 4 is 21.8 Å². The molecule has 0 aromatic heterocycles. The maximum atomic E-state index is 12.5. The fraction of sp³-hybridized carbons (Fsp3) is 0.235. The lowest BCUT2D eigenvalue weighted by molar-refractivity contribution is 0.0785. The fourth-order valence-corrected chi connectivity index (χ4v) is 2.95. The van der Waals surface area contributed by atoms with E-state index in [-0.39, 0.29) is 5.91 Å². The molecule has 21 heavy (non-hydrogen) atoms. The molecule has 0 saturated carbocycles. The molecule has 2 aromatic carbocycles. The molecular weight excluding hydrogens is 330 g/mol. The van der Waals surface area contributed by atoms with Crippen molar-refractivity contribution in [2.24, 2.45) is 0 Å². The van der Waals surface area contributed by atoms with Gasteiger partial charge in [0.25, 0.3) is 5.91 Å². The van der Waals surface area contributed by atoms with E-state index in [1.54, 1.807) is 4.90 Å². The van der Waals surface area contributed by atoms with Crippen molar-refractivity contribution in [3.05, 3.63) is 69.2 Å². The van der Waals surface area contributed by atoms with Crippen molar-refractivity contribution < 1.29 is 9.53 Å². The molecule has 108 valence electrons. The second-order valence-corrected chi connectivity index (χ2v) is 6.18. The summed E-state index contributed by atoms with van der Waals surface area (Å²) in [6.45, 7) is 1.84. The minimum Gasteiger partial charge on any atom is -0.372 e. The largest absolute Gasteiger partial charge is 0.372 e. The Morgan fingerprint density at radius 3 is 2.81 bits per heavy atom. The minimum absolute atomic E-state index is 0.0321. The predicted octanol–water partition coefficient (Wildman–Crippen LogP) is 3.75. The normalized spacial score (nSPS) is 13.0. The molecule has 3 nitrogen and oxygen atoms in total. The summed E-state index contributed by atoms with van der Waals surface area (Å²) in [7, 11) is 1.83. The first-order valence-corrected chi connectivity index (χ1v) is 7.62. The summed E-state index contributed by atoms with van der Waals surface area (Å²) in [5.74, 6) is 0.0321. The van der Waals surface area contributed by atoms with Gasteiger partial charge in [-0.25, -0.2) is 0 Å². The number of benzene rings is 2. The van der Waals surface area contributed by atoms with E-state index in [0.717, 1.165) is 21.2 Å². The van der Waals surface area contributed by atoms with Crippen LogP contribution in [-0.2, 0) is 24.5 Å². The molecule has 0 atom stereocenters. The molecule has 0 N–H and O–H groups in total. The first-order valence-electron chi connectivity index (χ1n) is 6.83. The second kappa shape index (κ2) is 6.00. The van der Waals surface area contributed by atoms with Gasteiger partial charge in [0, 0.05) is 23.6 Å². The van der Waals surface area contributed by atoms with Crippen LogP contribution in [-0.4, -0.2) is 17.9 Å². The number of rotatable bonds is 3. The van der Waals surface area contributed by atoms with Gasteiger partial charge in [-0.1, -0.05) is 34.1 Å². The van der Waals surface area contributed by atoms with E-state index in [1.807, 2.05) is 49.5 Å². The van der Waals surface area contributed by atoms with Gasteiger partial charge in [-0.05, 0) is 41.0 Å². The van der Waals surface area contributed by atoms with E-state index < -0.39 is 0 Å². The lowest BCUT2D eigenvalue weighted by atomic mass is 10.1. The Labute approximate surface area is 132 Å². The summed E-state index contributed by atoms with van der Waals surface area (Å²) in [6.07, 6.45) is 0. The Hall–Kier alpha value is -1.65. The van der Waals surface area contributed by atoms with Crippen LogP contribution in [0.2, 0.25) is 0 Å². The second-order valence-electron chi connectivity index (χ2n) is 5.27. The number of carbonyl (C=O) groups is 1. The summed E-state index contributed by atoms with van der Waals surface area (Å²) < 4.78 is 6.41. The van der Waals surface area contributed by atoms with Crippen LogP contribution in [0.3, 0.4) is 0 Å². The zero-order valence-corrected chi connectivity index (χ0v) is 13.4. The molecule has 0 fully saturated rings. The Kier molecular flexibility index (Phi) is 4.08. The molecule has 1 aliphatic rings. The van der Waals surface area contributed by atoms with E-state index in [4.69, 9.17) is 4.74 Å². The highest BCUT2D eigenvalue weighted by molar-refractivity contribution is 9.10. The summed E-state index contributed by atoms with van der Waals surface area (Å²) in [5, 5.41) is 0. The third-order valence-electron chi connectivity index (χ3n) is 3.62. The number of amides is 1. The molecular formula is C17H16BrNO2. The zero-order chi connectivity index (χ0) is 14.8. The Balaban J connectivity index is 1.75. The van der Waals surface area contributed by atoms with Crippen LogP contribution in [0.5, 0.6) is 0 Å². The van der Waals surface area contributed by atoms with E-state index >= 15 is 0 Å². The molecule has 3 rings (SSSR count). The van der Waals surface area contributed by atoms with Crippen LogP contribution in [0.15, 0.2) is 46.9 Å². The third-order valence-corrected chi connectivity index (χ3v) is 4.12. The van der Waals surface area contributed by atoms with Gasteiger partial charge in [0.05, 0.1) is 13.2 Å². The van der Waals surface area contributed by atoms with Crippen molar-refractivity contribution in [2.45, 2.75) is 19.8 Å². The summed E-state index contributed by atoms with van der Waals surface area (Å²) >= 11 is 3.45. The average molecular weight is 346 g/mol. The summed E-state index contributed by atoms with van der Waals surface area (Å²) in [6, 6.07) is 13.8. The van der Waals surface area contributed by atoms with Crippen LogP contribution < -0.4 is 0 Å². The number of hydrogen-bond donors (Lipinski definition) is 0. The lowest BCUT2D eigenvalue weighted by Crippen LogP contribution is -2.26. The predicted molar refractivity (Wildman–Crippen MR) is 84.9 cm³/mol. The van der Waals surface area contributed by atoms with Crippen molar-refractivity contribution in [3.8, 4) is 0 Å². The monoisotopic (exact) mass is 345 g/mol. The van der Waals surface area contributed by atoms with Crippen molar-refractivity contribution in [1.29, 1.82) is 0 Å². The molecule has 0 saturated heterocycles. The average Bonchev–Trinajstić information content (AvgIpc) is 2.93. The van der Waals surface area contributed by atoms with Gasteiger partial charge < -0.3 is 9.64 Å². The SMILES string of the molecule is CN(Cc1cccc(Br)c1)C(=O)c1ccc2c(c1)COC2. The fourth-order valence-electron chi connectivity index (χ4n) is 2.51. The van der Waals surface area contributed by atoms with Gasteiger partial charge >= 0.3 is 0 Å². The topological polar surface area (TPSA) is 29.5 Å². The maximum absolute atomic E-state index is 12.5. The summed E-state index contributed by atoms with van der Waals surface area (Å²) in [4.78, 5) is 14.2. The molecule has 0 unspecified atom stereocenters. The standard InChI is InChI=1S/C17H16BrNO2/c1-19(9-12-3-2-4-16(18)7-12)17(20)13-5-6-14-10-21-11-15(14)8-13/h2-8H,9-11H2,1H3. The minimum atomic E-state index is 0.0321. The van der Waals surface area contributed by atoms with Gasteiger partial charge in [-0.3, -0.25) is 4.79 Å². The van der Waals surface area contributed by atoms with Gasteiger partial charge in [-0.2, -0.15) is 0 Å². The number of carbonyl (C=O) groups excluding carboxylic acids is 1. The van der Waals surface area contributed by atoms with Crippen molar-refractivity contribution in [1.82, 2.24) is 4.90 Å². The molecule has 0 spiro atoms. The van der Waals surface area contributed by atoms with Crippen molar-refractivity contribution in [3.63, 3.8) is 0 Å². The Morgan fingerprint density at radius 1 is 1.19 bits per heavy atom. The number of hydrogen-bond acceptors (Lipinski definition) is 2. The molecule has 1 aliphatic heterocycles. The number of halogens is 1. The van der Waals surface area contributed by atoms with Crippen molar-refractivity contribution in [2.75, 3.05) is 7.05 Å². The van der Waals surface area contributed by atoms with Crippen LogP contribution in [0.4, 0.5) is 0 Å². The van der Waals surface area contributed by atoms with E-state index in [1.165, 1.54) is 5.56 Å². The quantitative estimate of drug-likeness (QED) is 0.847. The van der Waals surface area contributed by atoms with Gasteiger partial charge in [0.15, 0.2) is 0 Å². The number of ether oxygens (including phenoxy) is 1. The molecule has 2 aromatic rings. The highest BCUT2D eigenvalue weighted by Gasteiger charge is 2.17. The van der Waals surface area contributed by atoms with Crippen LogP contribution >= 0.6 is 15.9 Å². The van der Waals surface area contributed by atoms with E-state index in [2.05, 4.69) is 15.9 Å². The molecule has 0 aliphatic carbocycles. The number of nitrogens with zero attached hydrogens (tertiary/aromatic N) is 1. The van der Waals surface area contributed by atoms with E-state index in [9.17, 15) is 4.79 Å². The molecule has 0 radical (unpaired) electrons. The molecule has 0 bridgehead atoms. The first kappa shape index (κ1) is 14.3. The third kappa shape index (κ3) is 3.17. The van der Waals surface area contributed by atoms with E-state index in [0.29, 0.717) is 19.8 Å². The number of fused-ring (bicyclic) bond motifs is 1. The Bertz CT molecular complexity index is 684. The summed E-state index contributed by atoms with van der Waals surface area (Å²) in [5.41, 5.74) is 4.12. The lowest BCUT2D eigenvalue weighted by Gasteiger charge is -2.18. The molecule has 1 heterocycles. The van der Waals surface area contributed by atoms with Crippen LogP contribution in [0, 0.1) is 0 Å². The maximum Gasteiger partial charge on any atom is 0.253 e. The van der Waals surface area contributed by atoms with Gasteiger partial charge in [0.1, 0.15) is 0 Å². The molecule has 1 amide bonds. The highest BCUT2D eigenvalue weighted by Crippen LogP contribution is 2.22. The van der Waals surface area contributed by atoms with Crippen LogP contribution in [0.25, 0.3) is 0 Å². The smallest absolute Gasteiger partial charge is 0.253 e. The first-order chi connectivity index (χ1) is 10.1. The molecule has 4 heteroatoms. The van der Waals surface area contributed by atoms with Gasteiger partial charge in [-0.15, -0.1) is 0 Å². The zero-order valence-electron chi connectivity index (χ0n) is 11.8. The van der Waals surface area contributed by atoms with Crippen LogP contribution in [0.1, 0.15) is 27.0 Å². The highest BCUT2D eigenvalue weighted by atomic mass is 79.9. The van der Waals surface area contributed by atoms with Gasteiger partial charge in [0.2, 0.25) is 0 Å². The Morgan fingerprint density at radius 2 is 2.00 bits per heavy atom.